The van der Waals surface area contributed by atoms with Crippen molar-refractivity contribution in [2.45, 2.75) is 4.05 Å². The Labute approximate surface area is 61.8 Å². The van der Waals surface area contributed by atoms with Gasteiger partial charge in [0.2, 0.25) is 0 Å². The van der Waals surface area contributed by atoms with Crippen LogP contribution in [0.15, 0.2) is 0 Å². The van der Waals surface area contributed by atoms with E-state index in [-0.39, 0.29) is 0 Å². The maximum absolute atomic E-state index is 3.35. The Kier molecular flexibility index (Phi) is 2.77. The summed E-state index contributed by atoms with van der Waals surface area (Å²) in [6.45, 7) is 1.19. The lowest BCUT2D eigenvalue weighted by molar-refractivity contribution is 0.735. The molecule has 0 unspecified atom stereocenters. The molecule has 0 saturated carbocycles. The Morgan fingerprint density at radius 1 is 1.71 bits per heavy atom. The van der Waals surface area contributed by atoms with E-state index in [1.165, 1.54) is 18.1 Å². The summed E-state index contributed by atoms with van der Waals surface area (Å²) in [5.74, 6) is 2.57. The van der Waals surface area contributed by atoms with Crippen LogP contribution in [0.3, 0.4) is 0 Å². The number of hydrogen-bond acceptors (Lipinski definition) is 2. The zero-order chi connectivity index (χ0) is 5.11. The number of halogens is 1. The monoisotopic (exact) mass is 229 g/mol. The van der Waals surface area contributed by atoms with Crippen LogP contribution in [0, 0.1) is 0 Å². The van der Waals surface area contributed by atoms with Gasteiger partial charge in [0.15, 0.2) is 0 Å². The van der Waals surface area contributed by atoms with E-state index >= 15 is 0 Å². The van der Waals surface area contributed by atoms with Crippen LogP contribution in [-0.4, -0.2) is 22.1 Å². The fraction of sp³-hybridized carbons (Fsp3) is 1.00. The third-order valence-electron chi connectivity index (χ3n) is 0.876. The highest BCUT2D eigenvalue weighted by Gasteiger charge is 2.06. The average molecular weight is 229 g/mol. The first-order chi connectivity index (χ1) is 3.39. The highest BCUT2D eigenvalue weighted by Crippen LogP contribution is 2.11. The van der Waals surface area contributed by atoms with Crippen LogP contribution in [0.5, 0.6) is 0 Å². The third-order valence-corrected chi connectivity index (χ3v) is 3.42. The average Bonchev–Trinajstić information content (AvgIpc) is 1.69. The fourth-order valence-corrected chi connectivity index (χ4v) is 2.36. The summed E-state index contributed by atoms with van der Waals surface area (Å²) in [7, 11) is 0. The second-order valence-corrected chi connectivity index (χ2v) is 4.15. The molecule has 1 fully saturated rings. The van der Waals surface area contributed by atoms with Gasteiger partial charge in [0.1, 0.15) is 0 Å². The largest absolute Gasteiger partial charge is 0.304 e. The molecule has 0 aromatic heterocycles. The second kappa shape index (κ2) is 3.14. The van der Waals surface area contributed by atoms with Gasteiger partial charge in [0.25, 0.3) is 0 Å². The fourth-order valence-electron chi connectivity index (χ4n) is 0.533. The first-order valence-electron chi connectivity index (χ1n) is 2.35. The summed E-state index contributed by atoms with van der Waals surface area (Å²) in [6.07, 6.45) is 0. The standard InChI is InChI=1S/C4H8INS/c5-4-3-7-2-1-6-4/h4,6H,1-3H2/t4-/m1/s1. The van der Waals surface area contributed by atoms with Crippen molar-refractivity contribution in [2.24, 2.45) is 0 Å². The molecular weight excluding hydrogens is 221 g/mol. The summed E-state index contributed by atoms with van der Waals surface area (Å²) in [6, 6.07) is 0. The number of thioether (sulfide) groups is 1. The minimum Gasteiger partial charge on any atom is -0.304 e. The molecule has 1 N–H and O–H groups in total. The molecule has 1 heterocycles. The van der Waals surface area contributed by atoms with Crippen molar-refractivity contribution in [1.29, 1.82) is 0 Å². The van der Waals surface area contributed by atoms with Gasteiger partial charge in [-0.3, -0.25) is 0 Å². The van der Waals surface area contributed by atoms with E-state index in [1.807, 2.05) is 11.8 Å². The lowest BCUT2D eigenvalue weighted by Crippen LogP contribution is -2.32. The van der Waals surface area contributed by atoms with Crippen molar-refractivity contribution in [3.63, 3.8) is 0 Å². The minimum absolute atomic E-state index is 0.719. The molecule has 1 rings (SSSR count). The summed E-state index contributed by atoms with van der Waals surface area (Å²) < 4.78 is 0.719. The van der Waals surface area contributed by atoms with E-state index in [1.54, 1.807) is 0 Å². The van der Waals surface area contributed by atoms with Crippen LogP contribution in [0.25, 0.3) is 0 Å². The quantitative estimate of drug-likeness (QED) is 0.379. The molecule has 0 bridgehead atoms. The van der Waals surface area contributed by atoms with Gasteiger partial charge in [-0.15, -0.1) is 0 Å². The molecule has 42 valence electrons. The zero-order valence-electron chi connectivity index (χ0n) is 3.98. The van der Waals surface area contributed by atoms with Crippen molar-refractivity contribution in [1.82, 2.24) is 5.32 Å². The van der Waals surface area contributed by atoms with Crippen LogP contribution >= 0.6 is 34.4 Å². The van der Waals surface area contributed by atoms with Gasteiger partial charge in [-0.05, 0) is 0 Å². The summed E-state index contributed by atoms with van der Waals surface area (Å²) in [4.78, 5) is 0. The smallest absolute Gasteiger partial charge is 0.0685 e. The topological polar surface area (TPSA) is 12.0 Å². The van der Waals surface area contributed by atoms with Gasteiger partial charge in [0.05, 0.1) is 4.05 Å². The van der Waals surface area contributed by atoms with Gasteiger partial charge < -0.3 is 5.32 Å². The van der Waals surface area contributed by atoms with Crippen molar-refractivity contribution in [2.75, 3.05) is 18.1 Å². The highest BCUT2D eigenvalue weighted by molar-refractivity contribution is 14.1. The van der Waals surface area contributed by atoms with Gasteiger partial charge in [-0.2, -0.15) is 11.8 Å². The first-order valence-corrected chi connectivity index (χ1v) is 4.75. The number of rotatable bonds is 0. The van der Waals surface area contributed by atoms with E-state index in [0.29, 0.717) is 0 Å². The van der Waals surface area contributed by atoms with E-state index in [0.717, 1.165) is 4.05 Å². The Balaban J connectivity index is 2.12. The van der Waals surface area contributed by atoms with Gasteiger partial charge in [0, 0.05) is 18.1 Å². The minimum atomic E-state index is 0.719. The normalized spacial score (nSPS) is 33.0. The Bertz CT molecular complexity index is 53.7. The first kappa shape index (κ1) is 6.16. The Morgan fingerprint density at radius 2 is 2.57 bits per heavy atom. The molecule has 1 saturated heterocycles. The Hall–Kier alpha value is 1.04. The predicted molar refractivity (Wildman–Crippen MR) is 43.1 cm³/mol. The molecule has 0 amide bonds. The van der Waals surface area contributed by atoms with E-state index < -0.39 is 0 Å². The predicted octanol–water partition coefficient (Wildman–Crippen LogP) is 1.08. The molecule has 0 spiro atoms. The van der Waals surface area contributed by atoms with Crippen molar-refractivity contribution < 1.29 is 0 Å². The summed E-state index contributed by atoms with van der Waals surface area (Å²) >= 11 is 4.46. The van der Waals surface area contributed by atoms with Crippen LogP contribution in [-0.2, 0) is 0 Å². The van der Waals surface area contributed by atoms with Gasteiger partial charge in [-0.25, -0.2) is 0 Å². The molecule has 0 aromatic carbocycles. The van der Waals surface area contributed by atoms with Crippen LogP contribution in [0.1, 0.15) is 0 Å². The molecule has 7 heavy (non-hydrogen) atoms. The molecule has 0 aliphatic carbocycles. The molecule has 3 heteroatoms. The molecule has 1 aliphatic rings. The molecule has 1 aliphatic heterocycles. The van der Waals surface area contributed by atoms with E-state index in [2.05, 4.69) is 27.9 Å². The van der Waals surface area contributed by atoms with Crippen LogP contribution < -0.4 is 5.32 Å². The SMILES string of the molecule is I[C@H]1CSCCN1. The molecule has 0 radical (unpaired) electrons. The van der Waals surface area contributed by atoms with Crippen molar-refractivity contribution >= 4 is 34.4 Å². The molecular formula is C4H8INS. The lowest BCUT2D eigenvalue weighted by Gasteiger charge is -2.16. The molecule has 1 nitrogen and oxygen atoms in total. The summed E-state index contributed by atoms with van der Waals surface area (Å²) in [5, 5.41) is 3.35. The van der Waals surface area contributed by atoms with Crippen LogP contribution in [0.2, 0.25) is 0 Å². The zero-order valence-corrected chi connectivity index (χ0v) is 6.96. The lowest BCUT2D eigenvalue weighted by atomic mass is 10.6. The highest BCUT2D eigenvalue weighted by atomic mass is 127. The summed E-state index contributed by atoms with van der Waals surface area (Å²) in [5.41, 5.74) is 0. The number of alkyl halides is 1. The molecule has 0 aromatic rings. The van der Waals surface area contributed by atoms with Gasteiger partial charge in [-0.1, -0.05) is 22.6 Å². The Morgan fingerprint density at radius 3 is 2.86 bits per heavy atom. The van der Waals surface area contributed by atoms with E-state index in [4.69, 9.17) is 0 Å². The number of nitrogens with one attached hydrogen (secondary N) is 1. The third kappa shape index (κ3) is 2.19. The number of hydrogen-bond donors (Lipinski definition) is 1. The van der Waals surface area contributed by atoms with Crippen molar-refractivity contribution in [3.8, 4) is 0 Å². The molecule has 1 atom stereocenters. The van der Waals surface area contributed by atoms with Gasteiger partial charge >= 0.3 is 0 Å². The van der Waals surface area contributed by atoms with Crippen molar-refractivity contribution in [3.05, 3.63) is 0 Å². The second-order valence-electron chi connectivity index (χ2n) is 1.50. The van der Waals surface area contributed by atoms with E-state index in [9.17, 15) is 0 Å². The maximum Gasteiger partial charge on any atom is 0.0685 e. The van der Waals surface area contributed by atoms with Crippen LogP contribution in [0.4, 0.5) is 0 Å². The maximum atomic E-state index is 3.35.